The number of furan rings is 1. The highest BCUT2D eigenvalue weighted by atomic mass is 79.9. The Balaban J connectivity index is 2.21. The lowest BCUT2D eigenvalue weighted by Crippen LogP contribution is -1.92. The molecule has 78 valence electrons. The first kappa shape index (κ1) is 10.2. The van der Waals surface area contributed by atoms with Crippen LogP contribution in [0.3, 0.4) is 0 Å². The molecule has 2 aromatic rings. The van der Waals surface area contributed by atoms with Crippen LogP contribution in [0.4, 0.5) is 11.7 Å². The minimum atomic E-state index is 0.710. The van der Waals surface area contributed by atoms with E-state index in [1.165, 1.54) is 0 Å². The second-order valence-corrected chi connectivity index (χ2v) is 4.21. The Morgan fingerprint density at radius 1 is 1.33 bits per heavy atom. The zero-order chi connectivity index (χ0) is 10.8. The summed E-state index contributed by atoms with van der Waals surface area (Å²) in [7, 11) is 0. The molecule has 0 aliphatic carbocycles. The minimum absolute atomic E-state index is 0.710. The molecule has 0 saturated heterocycles. The Morgan fingerprint density at radius 2 is 2.13 bits per heavy atom. The van der Waals surface area contributed by atoms with Gasteiger partial charge in [-0.1, -0.05) is 0 Å². The molecule has 2 rings (SSSR count). The van der Waals surface area contributed by atoms with Crippen LogP contribution in [0.1, 0.15) is 11.3 Å². The van der Waals surface area contributed by atoms with Gasteiger partial charge in [-0.3, -0.25) is 0 Å². The predicted octanol–water partition coefficient (Wildman–Crippen LogP) is 3.80. The lowest BCUT2D eigenvalue weighted by molar-refractivity contribution is 0.551. The van der Waals surface area contributed by atoms with Gasteiger partial charge < -0.3 is 9.73 Å². The number of nitrogens with zero attached hydrogens (tertiary/aromatic N) is 1. The van der Waals surface area contributed by atoms with E-state index >= 15 is 0 Å². The van der Waals surface area contributed by atoms with Crippen molar-refractivity contribution in [3.05, 3.63) is 40.2 Å². The summed E-state index contributed by atoms with van der Waals surface area (Å²) in [4.78, 5) is 4.23. The molecular formula is C11H11BrN2O. The fraction of sp³-hybridized carbons (Fsp3) is 0.182. The zero-order valence-corrected chi connectivity index (χ0v) is 10.1. The van der Waals surface area contributed by atoms with Crippen molar-refractivity contribution >= 4 is 27.6 Å². The van der Waals surface area contributed by atoms with E-state index in [0.29, 0.717) is 5.88 Å². The second-order valence-electron chi connectivity index (χ2n) is 3.35. The molecule has 3 nitrogen and oxygen atoms in total. The standard InChI is InChI=1S/C11H11BrN2O/c1-7-5-10(13-6-9(7)12)14-11-4-3-8(2)15-11/h3-6H,1-2H3,(H,13,14). The van der Waals surface area contributed by atoms with E-state index in [1.807, 2.05) is 32.0 Å². The van der Waals surface area contributed by atoms with Crippen LogP contribution in [0.2, 0.25) is 0 Å². The number of nitrogens with one attached hydrogen (secondary N) is 1. The summed E-state index contributed by atoms with van der Waals surface area (Å²) in [5, 5.41) is 3.09. The van der Waals surface area contributed by atoms with E-state index in [2.05, 4.69) is 26.2 Å². The molecule has 0 aliphatic rings. The first-order valence-corrected chi connectivity index (χ1v) is 5.40. The maximum absolute atomic E-state index is 5.39. The summed E-state index contributed by atoms with van der Waals surface area (Å²) in [5.74, 6) is 2.37. The number of anilines is 2. The molecule has 2 heterocycles. The highest BCUT2D eigenvalue weighted by molar-refractivity contribution is 9.10. The maximum atomic E-state index is 5.39. The first-order chi connectivity index (χ1) is 7.15. The molecule has 0 unspecified atom stereocenters. The van der Waals surface area contributed by atoms with Crippen LogP contribution in [0.15, 0.2) is 33.3 Å². The van der Waals surface area contributed by atoms with Gasteiger partial charge in [0.15, 0.2) is 5.88 Å². The third-order valence-corrected chi connectivity index (χ3v) is 2.87. The number of aromatic nitrogens is 1. The van der Waals surface area contributed by atoms with Crippen LogP contribution in [0.25, 0.3) is 0 Å². The van der Waals surface area contributed by atoms with Crippen molar-refractivity contribution in [3.8, 4) is 0 Å². The van der Waals surface area contributed by atoms with Gasteiger partial charge in [0.2, 0.25) is 0 Å². The van der Waals surface area contributed by atoms with Gasteiger partial charge in [-0.15, -0.1) is 0 Å². The van der Waals surface area contributed by atoms with Crippen molar-refractivity contribution in [3.63, 3.8) is 0 Å². The molecular weight excluding hydrogens is 256 g/mol. The average molecular weight is 267 g/mol. The fourth-order valence-corrected chi connectivity index (χ4v) is 1.45. The smallest absolute Gasteiger partial charge is 0.198 e. The van der Waals surface area contributed by atoms with E-state index in [9.17, 15) is 0 Å². The van der Waals surface area contributed by atoms with Gasteiger partial charge in [0.1, 0.15) is 11.6 Å². The molecule has 0 aromatic carbocycles. The molecule has 0 bridgehead atoms. The summed E-state index contributed by atoms with van der Waals surface area (Å²) in [6.45, 7) is 3.93. The van der Waals surface area contributed by atoms with E-state index in [0.717, 1.165) is 21.6 Å². The van der Waals surface area contributed by atoms with E-state index in [1.54, 1.807) is 6.20 Å². The molecule has 0 fully saturated rings. The van der Waals surface area contributed by atoms with Crippen LogP contribution in [-0.4, -0.2) is 4.98 Å². The van der Waals surface area contributed by atoms with Gasteiger partial charge in [0.25, 0.3) is 0 Å². The zero-order valence-electron chi connectivity index (χ0n) is 8.54. The van der Waals surface area contributed by atoms with E-state index in [-0.39, 0.29) is 0 Å². The van der Waals surface area contributed by atoms with Crippen molar-refractivity contribution in [2.75, 3.05) is 5.32 Å². The van der Waals surface area contributed by atoms with Gasteiger partial charge in [-0.25, -0.2) is 4.98 Å². The number of halogens is 1. The normalized spacial score (nSPS) is 10.3. The molecule has 0 radical (unpaired) electrons. The largest absolute Gasteiger partial charge is 0.446 e. The third-order valence-electron chi connectivity index (χ3n) is 2.04. The van der Waals surface area contributed by atoms with Crippen molar-refractivity contribution in [2.24, 2.45) is 0 Å². The quantitative estimate of drug-likeness (QED) is 0.899. The van der Waals surface area contributed by atoms with Crippen molar-refractivity contribution in [1.82, 2.24) is 4.98 Å². The lowest BCUT2D eigenvalue weighted by Gasteiger charge is -2.03. The van der Waals surface area contributed by atoms with Crippen LogP contribution in [0, 0.1) is 13.8 Å². The van der Waals surface area contributed by atoms with Gasteiger partial charge in [0, 0.05) is 16.7 Å². The predicted molar refractivity (Wildman–Crippen MR) is 63.4 cm³/mol. The van der Waals surface area contributed by atoms with Gasteiger partial charge in [0.05, 0.1) is 0 Å². The maximum Gasteiger partial charge on any atom is 0.198 e. The van der Waals surface area contributed by atoms with Gasteiger partial charge in [-0.05, 0) is 47.5 Å². The van der Waals surface area contributed by atoms with Crippen LogP contribution >= 0.6 is 15.9 Å². The summed E-state index contributed by atoms with van der Waals surface area (Å²) in [6.07, 6.45) is 1.77. The Morgan fingerprint density at radius 3 is 2.73 bits per heavy atom. The molecule has 0 aliphatic heterocycles. The fourth-order valence-electron chi connectivity index (χ4n) is 1.24. The van der Waals surface area contributed by atoms with Crippen LogP contribution < -0.4 is 5.32 Å². The number of rotatable bonds is 2. The monoisotopic (exact) mass is 266 g/mol. The SMILES string of the molecule is Cc1ccc(Nc2cc(C)c(Br)cn2)o1. The molecule has 1 N–H and O–H groups in total. The lowest BCUT2D eigenvalue weighted by atomic mass is 10.3. The Labute approximate surface area is 96.6 Å². The van der Waals surface area contributed by atoms with Crippen LogP contribution in [-0.2, 0) is 0 Å². The van der Waals surface area contributed by atoms with Crippen molar-refractivity contribution < 1.29 is 4.42 Å². The van der Waals surface area contributed by atoms with Crippen molar-refractivity contribution in [2.45, 2.75) is 13.8 Å². The topological polar surface area (TPSA) is 38.1 Å². The first-order valence-electron chi connectivity index (χ1n) is 4.61. The molecule has 0 saturated carbocycles. The number of hydrogen-bond donors (Lipinski definition) is 1. The second kappa shape index (κ2) is 4.06. The Hall–Kier alpha value is -1.29. The highest BCUT2D eigenvalue weighted by Gasteiger charge is 2.01. The summed E-state index contributed by atoms with van der Waals surface area (Å²) in [5.41, 5.74) is 1.13. The van der Waals surface area contributed by atoms with E-state index < -0.39 is 0 Å². The van der Waals surface area contributed by atoms with Crippen LogP contribution in [0.5, 0.6) is 0 Å². The van der Waals surface area contributed by atoms with Gasteiger partial charge in [-0.2, -0.15) is 0 Å². The average Bonchev–Trinajstić information content (AvgIpc) is 2.58. The highest BCUT2D eigenvalue weighted by Crippen LogP contribution is 2.21. The molecule has 4 heteroatoms. The Bertz CT molecular complexity index is 479. The molecule has 0 atom stereocenters. The van der Waals surface area contributed by atoms with Crippen molar-refractivity contribution in [1.29, 1.82) is 0 Å². The summed E-state index contributed by atoms with van der Waals surface area (Å²) in [6, 6.07) is 5.75. The molecule has 0 spiro atoms. The number of aryl methyl sites for hydroxylation is 2. The van der Waals surface area contributed by atoms with Gasteiger partial charge >= 0.3 is 0 Å². The molecule has 0 amide bonds. The number of hydrogen-bond acceptors (Lipinski definition) is 3. The third kappa shape index (κ3) is 2.39. The number of pyridine rings is 1. The minimum Gasteiger partial charge on any atom is -0.446 e. The Kier molecular flexibility index (Phi) is 2.77. The summed E-state index contributed by atoms with van der Waals surface area (Å²) >= 11 is 3.41. The van der Waals surface area contributed by atoms with E-state index in [4.69, 9.17) is 4.42 Å². The molecule has 2 aromatic heterocycles. The molecule has 15 heavy (non-hydrogen) atoms. The summed E-state index contributed by atoms with van der Waals surface area (Å²) < 4.78 is 6.40.